The Morgan fingerprint density at radius 1 is 0.964 bits per heavy atom. The van der Waals surface area contributed by atoms with Gasteiger partial charge in [-0.3, -0.25) is 0 Å². The van der Waals surface area contributed by atoms with Crippen LogP contribution in [-0.2, 0) is 0 Å². The van der Waals surface area contributed by atoms with Crippen molar-refractivity contribution >= 4 is 49.5 Å². The summed E-state index contributed by atoms with van der Waals surface area (Å²) < 4.78 is 12.1. The van der Waals surface area contributed by atoms with Gasteiger partial charge in [0.15, 0.2) is 11.5 Å². The molecule has 8 heteroatoms. The molecule has 0 spiro atoms. The molecule has 0 atom stereocenters. The fourth-order valence-electron chi connectivity index (χ4n) is 3.45. The van der Waals surface area contributed by atoms with Crippen LogP contribution < -0.4 is 14.8 Å². The molecule has 4 aromatic rings. The van der Waals surface area contributed by atoms with Crippen molar-refractivity contribution < 1.29 is 9.47 Å². The molecule has 4 heterocycles. The number of benzene rings is 2. The highest BCUT2D eigenvalue weighted by molar-refractivity contribution is 7.18. The van der Waals surface area contributed by atoms with Gasteiger partial charge in [0, 0.05) is 32.8 Å². The zero-order valence-electron chi connectivity index (χ0n) is 14.5. The van der Waals surface area contributed by atoms with Crippen molar-refractivity contribution in [2.45, 2.75) is 0 Å². The van der Waals surface area contributed by atoms with E-state index >= 15 is 0 Å². The number of nitrogens with one attached hydrogen (secondary N) is 1. The van der Waals surface area contributed by atoms with Gasteiger partial charge in [0.2, 0.25) is 6.79 Å². The molecule has 2 aromatic heterocycles. The number of thiophene rings is 1. The summed E-state index contributed by atoms with van der Waals surface area (Å²) in [5.74, 6) is 2.30. The van der Waals surface area contributed by atoms with E-state index in [9.17, 15) is 0 Å². The Labute approximate surface area is 163 Å². The second-order valence-electron chi connectivity index (χ2n) is 6.48. The van der Waals surface area contributed by atoms with Crippen molar-refractivity contribution in [3.63, 3.8) is 0 Å². The molecule has 7 nitrogen and oxygen atoms in total. The third kappa shape index (κ3) is 2.42. The summed E-state index contributed by atoms with van der Waals surface area (Å²) in [6.07, 6.45) is 0. The van der Waals surface area contributed by atoms with Crippen LogP contribution in [-0.4, -0.2) is 24.0 Å². The number of aromatic nitrogens is 1. The molecule has 0 amide bonds. The maximum atomic E-state index is 5.48. The molecule has 2 aliphatic rings. The number of rotatable bonds is 3. The van der Waals surface area contributed by atoms with E-state index in [2.05, 4.69) is 50.4 Å². The lowest BCUT2D eigenvalue weighted by molar-refractivity contribution is 0.174. The predicted molar refractivity (Wildman–Crippen MR) is 109 cm³/mol. The first-order valence-corrected chi connectivity index (χ1v) is 9.64. The van der Waals surface area contributed by atoms with Gasteiger partial charge in [0.25, 0.3) is 0 Å². The van der Waals surface area contributed by atoms with E-state index in [1.54, 1.807) is 11.3 Å². The average Bonchev–Trinajstić information content (AvgIpc) is 3.48. The van der Waals surface area contributed by atoms with Gasteiger partial charge in [0.05, 0.1) is 11.2 Å². The summed E-state index contributed by atoms with van der Waals surface area (Å²) >= 11 is 1.71. The Balaban J connectivity index is 1.47. The first kappa shape index (κ1) is 15.5. The Hall–Kier alpha value is -3.52. The summed E-state index contributed by atoms with van der Waals surface area (Å²) in [4.78, 5) is 4.90. The highest BCUT2D eigenvalue weighted by atomic mass is 32.1. The van der Waals surface area contributed by atoms with E-state index < -0.39 is 0 Å². The lowest BCUT2D eigenvalue weighted by atomic mass is 10.1. The van der Waals surface area contributed by atoms with Gasteiger partial charge in [-0.2, -0.15) is 5.11 Å². The molecule has 0 saturated carbocycles. The third-order valence-electron chi connectivity index (χ3n) is 4.81. The molecule has 0 fully saturated rings. The van der Waals surface area contributed by atoms with E-state index in [0.29, 0.717) is 6.54 Å². The SMILES string of the molecule is c1cc2c(Nc3ccc4c(c3)OCO4)nc3cc(C4=NN=NC4)ccc3c2s1. The lowest BCUT2D eigenvalue weighted by Gasteiger charge is -2.11. The quantitative estimate of drug-likeness (QED) is 0.531. The molecule has 0 unspecified atom stereocenters. The smallest absolute Gasteiger partial charge is 0.231 e. The van der Waals surface area contributed by atoms with E-state index in [1.165, 1.54) is 4.70 Å². The summed E-state index contributed by atoms with van der Waals surface area (Å²) in [5.41, 5.74) is 3.66. The van der Waals surface area contributed by atoms with Crippen LogP contribution >= 0.6 is 11.3 Å². The second-order valence-corrected chi connectivity index (χ2v) is 7.40. The number of fused-ring (bicyclic) bond motifs is 4. The molecule has 136 valence electrons. The first-order chi connectivity index (χ1) is 13.8. The third-order valence-corrected chi connectivity index (χ3v) is 5.76. The van der Waals surface area contributed by atoms with Crippen LogP contribution in [0.5, 0.6) is 11.5 Å². The molecular formula is C20H13N5O2S. The fourth-order valence-corrected chi connectivity index (χ4v) is 4.38. The minimum atomic E-state index is 0.257. The van der Waals surface area contributed by atoms with Crippen molar-refractivity contribution in [3.8, 4) is 11.5 Å². The van der Waals surface area contributed by atoms with Gasteiger partial charge in [0.1, 0.15) is 12.4 Å². The standard InChI is InChI=1S/C20H13N5O2S/c1-3-13-15(7-11(1)16-9-21-25-24-16)23-20(14-5-6-28-19(13)14)22-12-2-4-17-18(8-12)27-10-26-17/h1-8H,9-10H2,(H,22,23). The maximum Gasteiger partial charge on any atom is 0.231 e. The Morgan fingerprint density at radius 2 is 1.93 bits per heavy atom. The normalized spacial score (nSPS) is 14.8. The van der Waals surface area contributed by atoms with Crippen molar-refractivity contribution in [1.29, 1.82) is 0 Å². The topological polar surface area (TPSA) is 80.5 Å². The van der Waals surface area contributed by atoms with Crippen molar-refractivity contribution in [2.24, 2.45) is 15.4 Å². The molecule has 28 heavy (non-hydrogen) atoms. The molecule has 0 aliphatic carbocycles. The maximum absolute atomic E-state index is 5.48. The van der Waals surface area contributed by atoms with E-state index in [1.807, 2.05) is 18.2 Å². The molecule has 2 aliphatic heterocycles. The molecule has 1 N–H and O–H groups in total. The van der Waals surface area contributed by atoms with Gasteiger partial charge in [-0.05, 0) is 34.9 Å². The van der Waals surface area contributed by atoms with Crippen molar-refractivity contribution in [3.05, 3.63) is 53.4 Å². The van der Waals surface area contributed by atoms with Gasteiger partial charge in [-0.25, -0.2) is 4.98 Å². The van der Waals surface area contributed by atoms with E-state index in [0.717, 1.165) is 50.6 Å². The van der Waals surface area contributed by atoms with Crippen LogP contribution in [0.15, 0.2) is 63.3 Å². The first-order valence-electron chi connectivity index (χ1n) is 8.76. The Morgan fingerprint density at radius 3 is 2.86 bits per heavy atom. The number of hydrogen-bond acceptors (Lipinski definition) is 8. The monoisotopic (exact) mass is 387 g/mol. The van der Waals surface area contributed by atoms with Crippen molar-refractivity contribution in [2.75, 3.05) is 18.7 Å². The Bertz CT molecular complexity index is 1310. The zero-order valence-corrected chi connectivity index (χ0v) is 15.4. The molecule has 0 bridgehead atoms. The minimum Gasteiger partial charge on any atom is -0.454 e. The number of hydrogen-bond donors (Lipinski definition) is 1. The number of ether oxygens (including phenoxy) is 2. The average molecular weight is 387 g/mol. The van der Waals surface area contributed by atoms with Crippen LogP contribution in [0.3, 0.4) is 0 Å². The van der Waals surface area contributed by atoms with Crippen molar-refractivity contribution in [1.82, 2.24) is 4.98 Å². The zero-order chi connectivity index (χ0) is 18.5. The lowest BCUT2D eigenvalue weighted by Crippen LogP contribution is -2.02. The van der Waals surface area contributed by atoms with Gasteiger partial charge in [-0.15, -0.1) is 16.4 Å². The summed E-state index contributed by atoms with van der Waals surface area (Å²) in [5, 5.41) is 19.5. The van der Waals surface area contributed by atoms with Crippen LogP contribution in [0.4, 0.5) is 11.5 Å². The molecule has 2 aromatic carbocycles. The van der Waals surface area contributed by atoms with E-state index in [-0.39, 0.29) is 6.79 Å². The Kier molecular flexibility index (Phi) is 3.33. The highest BCUT2D eigenvalue weighted by Crippen LogP contribution is 2.38. The fraction of sp³-hybridized carbons (Fsp3) is 0.100. The molecule has 6 rings (SSSR count). The van der Waals surface area contributed by atoms with Crippen LogP contribution in [0.25, 0.3) is 21.0 Å². The van der Waals surface area contributed by atoms with Crippen LogP contribution in [0, 0.1) is 0 Å². The van der Waals surface area contributed by atoms with Gasteiger partial charge < -0.3 is 14.8 Å². The second kappa shape index (κ2) is 6.00. The van der Waals surface area contributed by atoms with Gasteiger partial charge in [-0.1, -0.05) is 12.1 Å². The number of nitrogens with zero attached hydrogens (tertiary/aromatic N) is 4. The number of anilines is 2. The largest absolute Gasteiger partial charge is 0.454 e. The van der Waals surface area contributed by atoms with Crippen LogP contribution in [0.2, 0.25) is 0 Å². The predicted octanol–water partition coefficient (Wildman–Crippen LogP) is 5.09. The van der Waals surface area contributed by atoms with Crippen LogP contribution in [0.1, 0.15) is 5.56 Å². The molecular weight excluding hydrogens is 374 g/mol. The number of pyridine rings is 1. The molecule has 0 radical (unpaired) electrons. The highest BCUT2D eigenvalue weighted by Gasteiger charge is 2.16. The van der Waals surface area contributed by atoms with E-state index in [4.69, 9.17) is 14.5 Å². The summed E-state index contributed by atoms with van der Waals surface area (Å²) in [6, 6.07) is 14.1. The molecule has 0 saturated heterocycles. The summed E-state index contributed by atoms with van der Waals surface area (Å²) in [7, 11) is 0. The minimum absolute atomic E-state index is 0.257. The van der Waals surface area contributed by atoms with Gasteiger partial charge >= 0.3 is 0 Å². The summed E-state index contributed by atoms with van der Waals surface area (Å²) in [6.45, 7) is 0.766.